The van der Waals surface area contributed by atoms with Crippen LogP contribution in [0.1, 0.15) is 31.0 Å². The lowest BCUT2D eigenvalue weighted by atomic mass is 9.86. The third-order valence-electron chi connectivity index (χ3n) is 9.43. The summed E-state index contributed by atoms with van der Waals surface area (Å²) in [6.45, 7) is 5.69. The van der Waals surface area contributed by atoms with Crippen LogP contribution in [0.4, 0.5) is 0 Å². The number of fused-ring (bicyclic) bond motifs is 2. The van der Waals surface area contributed by atoms with Gasteiger partial charge in [-0.25, -0.2) is 9.97 Å². The van der Waals surface area contributed by atoms with E-state index in [2.05, 4.69) is 144 Å². The molecule has 0 spiro atoms. The molecule has 0 bridgehead atoms. The Morgan fingerprint density at radius 1 is 0.686 bits per heavy atom. The lowest BCUT2D eigenvalue weighted by Gasteiger charge is -2.18. The van der Waals surface area contributed by atoms with Gasteiger partial charge in [0, 0.05) is 35.3 Å². The van der Waals surface area contributed by atoms with E-state index in [4.69, 9.17) is 9.97 Å². The number of nitrogens with zero attached hydrogens (tertiary/aromatic N) is 4. The van der Waals surface area contributed by atoms with E-state index in [1.54, 1.807) is 6.20 Å². The second kappa shape index (κ2) is 14.1. The molecule has 2 heterocycles. The molecule has 0 saturated carbocycles. The van der Waals surface area contributed by atoms with Gasteiger partial charge < -0.3 is 0 Å². The quantitative estimate of drug-likeness (QED) is 0.0929. The van der Waals surface area contributed by atoms with Crippen LogP contribution in [-0.4, -0.2) is 21.7 Å². The van der Waals surface area contributed by atoms with E-state index >= 15 is 0 Å². The average molecular weight is 657 g/mol. The van der Waals surface area contributed by atoms with Gasteiger partial charge in [0.2, 0.25) is 0 Å². The molecule has 5 aromatic carbocycles. The van der Waals surface area contributed by atoms with Gasteiger partial charge in [0.1, 0.15) is 0 Å². The van der Waals surface area contributed by atoms with Gasteiger partial charge in [-0.2, -0.15) is 0 Å². The molecule has 0 aliphatic heterocycles. The first-order valence-electron chi connectivity index (χ1n) is 17.3. The Labute approximate surface area is 298 Å². The zero-order valence-electron chi connectivity index (χ0n) is 28.5. The van der Waals surface area contributed by atoms with Crippen molar-refractivity contribution >= 4 is 39.4 Å². The number of aromatic nitrogens is 3. The van der Waals surface area contributed by atoms with Crippen molar-refractivity contribution in [3.05, 3.63) is 175 Å². The summed E-state index contributed by atoms with van der Waals surface area (Å²) in [7, 11) is 0. The minimum atomic E-state index is 0.697. The molecule has 0 amide bonds. The summed E-state index contributed by atoms with van der Waals surface area (Å²) in [5, 5.41) is 4.77. The van der Waals surface area contributed by atoms with Crippen LogP contribution in [-0.2, 0) is 0 Å². The van der Waals surface area contributed by atoms with Crippen LogP contribution >= 0.6 is 0 Å². The molecule has 4 heteroatoms. The summed E-state index contributed by atoms with van der Waals surface area (Å²) in [5.74, 6) is 0.697. The SMILES string of the molecule is C=N/C=C(\C=C/C)c1cccc(-c2cc(C3=CC=CCC3)nc(-c3cccc(-c4c5ccccc5c(-c5cccnc5)c5ccccc45)c3)n2)c1. The van der Waals surface area contributed by atoms with Crippen LogP contribution in [0.3, 0.4) is 0 Å². The number of hydrogen-bond acceptors (Lipinski definition) is 4. The minimum absolute atomic E-state index is 0.697. The number of rotatable bonds is 8. The molecule has 1 aliphatic carbocycles. The number of pyridine rings is 1. The van der Waals surface area contributed by atoms with E-state index < -0.39 is 0 Å². The Morgan fingerprint density at radius 3 is 2.02 bits per heavy atom. The molecule has 0 radical (unpaired) electrons. The Morgan fingerprint density at radius 2 is 1.35 bits per heavy atom. The highest BCUT2D eigenvalue weighted by molar-refractivity contribution is 6.21. The van der Waals surface area contributed by atoms with Crippen molar-refractivity contribution in [2.24, 2.45) is 4.99 Å². The predicted octanol–water partition coefficient (Wildman–Crippen LogP) is 12.2. The van der Waals surface area contributed by atoms with Gasteiger partial charge in [0.25, 0.3) is 0 Å². The summed E-state index contributed by atoms with van der Waals surface area (Å²) in [6, 6.07) is 40.8. The number of hydrogen-bond donors (Lipinski definition) is 0. The van der Waals surface area contributed by atoms with E-state index in [1.165, 1.54) is 38.2 Å². The first-order chi connectivity index (χ1) is 25.2. The van der Waals surface area contributed by atoms with Crippen molar-refractivity contribution in [3.63, 3.8) is 0 Å². The van der Waals surface area contributed by atoms with E-state index in [-0.39, 0.29) is 0 Å². The molecule has 4 nitrogen and oxygen atoms in total. The minimum Gasteiger partial charge on any atom is -0.272 e. The smallest absolute Gasteiger partial charge is 0.160 e. The predicted molar refractivity (Wildman–Crippen MR) is 215 cm³/mol. The monoisotopic (exact) mass is 656 g/mol. The molecule has 51 heavy (non-hydrogen) atoms. The third-order valence-corrected chi connectivity index (χ3v) is 9.43. The van der Waals surface area contributed by atoms with Gasteiger partial charge >= 0.3 is 0 Å². The zero-order chi connectivity index (χ0) is 34.6. The lowest BCUT2D eigenvalue weighted by molar-refractivity contribution is 1.03. The lowest BCUT2D eigenvalue weighted by Crippen LogP contribution is -2.00. The highest BCUT2D eigenvalue weighted by Gasteiger charge is 2.18. The van der Waals surface area contributed by atoms with E-state index in [9.17, 15) is 0 Å². The van der Waals surface area contributed by atoms with Crippen molar-refractivity contribution in [1.82, 2.24) is 15.0 Å². The maximum atomic E-state index is 5.24. The van der Waals surface area contributed by atoms with Crippen molar-refractivity contribution in [2.45, 2.75) is 19.8 Å². The van der Waals surface area contributed by atoms with Gasteiger partial charge in [-0.3, -0.25) is 9.98 Å². The second-order valence-corrected chi connectivity index (χ2v) is 12.6. The molecule has 2 aromatic heterocycles. The van der Waals surface area contributed by atoms with Crippen LogP contribution in [0.5, 0.6) is 0 Å². The summed E-state index contributed by atoms with van der Waals surface area (Å²) < 4.78 is 0. The van der Waals surface area contributed by atoms with Crippen LogP contribution in [0, 0.1) is 0 Å². The van der Waals surface area contributed by atoms with Crippen molar-refractivity contribution in [1.29, 1.82) is 0 Å². The molecule has 8 rings (SSSR count). The molecule has 7 aromatic rings. The van der Waals surface area contributed by atoms with Crippen LogP contribution in [0.2, 0.25) is 0 Å². The molecule has 0 unspecified atom stereocenters. The Hall–Kier alpha value is -6.52. The largest absolute Gasteiger partial charge is 0.272 e. The van der Waals surface area contributed by atoms with Crippen molar-refractivity contribution in [3.8, 4) is 44.9 Å². The van der Waals surface area contributed by atoms with E-state index in [1.807, 2.05) is 37.5 Å². The number of benzene rings is 5. The Balaban J connectivity index is 1.32. The maximum Gasteiger partial charge on any atom is 0.160 e. The molecule has 244 valence electrons. The summed E-state index contributed by atoms with van der Waals surface area (Å²) in [6.07, 6.45) is 18.1. The van der Waals surface area contributed by atoms with E-state index in [0.717, 1.165) is 57.6 Å². The van der Waals surface area contributed by atoms with Gasteiger partial charge in [0.05, 0.1) is 11.4 Å². The fraction of sp³-hybridized carbons (Fsp3) is 0.0638. The number of allylic oxidation sites excluding steroid dienone is 7. The van der Waals surface area contributed by atoms with Gasteiger partial charge in [-0.15, -0.1) is 0 Å². The first-order valence-corrected chi connectivity index (χ1v) is 17.3. The fourth-order valence-corrected chi connectivity index (χ4v) is 7.13. The van der Waals surface area contributed by atoms with Crippen molar-refractivity contribution in [2.75, 3.05) is 0 Å². The Bertz CT molecular complexity index is 2500. The first kappa shape index (κ1) is 31.7. The van der Waals surface area contributed by atoms with Gasteiger partial charge in [-0.1, -0.05) is 121 Å². The summed E-state index contributed by atoms with van der Waals surface area (Å²) in [5.41, 5.74) is 11.7. The summed E-state index contributed by atoms with van der Waals surface area (Å²) in [4.78, 5) is 19.0. The zero-order valence-corrected chi connectivity index (χ0v) is 28.5. The molecule has 0 N–H and O–H groups in total. The third kappa shape index (κ3) is 6.24. The molecular formula is C47H36N4. The highest BCUT2D eigenvalue weighted by Crippen LogP contribution is 2.44. The molecule has 1 aliphatic rings. The Kier molecular flexibility index (Phi) is 8.80. The second-order valence-electron chi connectivity index (χ2n) is 12.6. The van der Waals surface area contributed by atoms with Gasteiger partial charge in [0.15, 0.2) is 5.82 Å². The molecule has 0 fully saturated rings. The van der Waals surface area contributed by atoms with E-state index in [0.29, 0.717) is 5.82 Å². The van der Waals surface area contributed by atoms with Crippen LogP contribution in [0.15, 0.2) is 169 Å². The number of aliphatic imine (C=N–C) groups is 1. The molecule has 0 atom stereocenters. The van der Waals surface area contributed by atoms with Gasteiger partial charge in [-0.05, 0) is 106 Å². The fourth-order valence-electron chi connectivity index (χ4n) is 7.13. The molecule has 0 saturated heterocycles. The maximum absolute atomic E-state index is 5.24. The topological polar surface area (TPSA) is 51.0 Å². The summed E-state index contributed by atoms with van der Waals surface area (Å²) >= 11 is 0. The van der Waals surface area contributed by atoms with Crippen molar-refractivity contribution < 1.29 is 0 Å². The van der Waals surface area contributed by atoms with Crippen LogP contribution < -0.4 is 0 Å². The van der Waals surface area contributed by atoms with Crippen LogP contribution in [0.25, 0.3) is 77.6 Å². The molecular weight excluding hydrogens is 621 g/mol. The normalized spacial score (nSPS) is 13.2. The highest BCUT2D eigenvalue weighted by atomic mass is 14.9. The standard InChI is InChI=1S/C47H36N4/c1-3-14-37(30-48-2)33-17-11-18-34(27-33)44-29-43(32-15-5-4-6-16-32)50-47(51-44)36-20-12-19-35(28-36)45-39-22-7-9-24-41(39)46(38-21-13-26-49-31-38)42-25-10-8-23-40(42)45/h3-5,7-15,17-31H,2,6,16H2,1H3/b14-3-,37-30+. The average Bonchev–Trinajstić information content (AvgIpc) is 3.20.